The van der Waals surface area contributed by atoms with Gasteiger partial charge in [0.1, 0.15) is 5.78 Å². The second-order valence-electron chi connectivity index (χ2n) is 12.0. The third kappa shape index (κ3) is 6.25. The number of nitrogens with one attached hydrogen (secondary N) is 2. The minimum absolute atomic E-state index is 0.00340. The van der Waals surface area contributed by atoms with Crippen molar-refractivity contribution in [2.24, 2.45) is 0 Å². The highest BCUT2D eigenvalue weighted by molar-refractivity contribution is 5.97. The molecule has 0 spiro atoms. The van der Waals surface area contributed by atoms with Crippen LogP contribution in [0.3, 0.4) is 0 Å². The summed E-state index contributed by atoms with van der Waals surface area (Å²) in [6, 6.07) is 8.15. The molecule has 0 atom stereocenters. The predicted octanol–water partition coefficient (Wildman–Crippen LogP) is 9.48. The van der Waals surface area contributed by atoms with E-state index in [4.69, 9.17) is 9.97 Å². The summed E-state index contributed by atoms with van der Waals surface area (Å²) in [4.78, 5) is 41.7. The molecule has 5 rings (SSSR count). The van der Waals surface area contributed by atoms with Crippen LogP contribution in [-0.4, -0.2) is 36.8 Å². The Kier molecular flexibility index (Phi) is 9.19. The van der Waals surface area contributed by atoms with Crippen LogP contribution in [0.2, 0.25) is 0 Å². The Morgan fingerprint density at radius 1 is 0.711 bits per heavy atom. The maximum Gasteiger partial charge on any atom is 0.303 e. The number of Topliss-reactive ketones (excluding diaryl/α,β-unsaturated/α-hetero) is 1. The molecule has 5 heterocycles. The zero-order valence-corrected chi connectivity index (χ0v) is 27.0. The Bertz CT molecular complexity index is 1970. The standard InChI is InChI=1S/C38H42N4O3/c1-8-11-12-25(43)13-14-28-23(6)31-17-30-21(4)26(9-2)34(39-30)18-32-22(5)27(10-3)35(40-32)19-33-24(7)29(15-16-38(44)45)37(42-33)20-36(28)41-31/h9-10,17-20,39-40H,2-3,8,11-16H2,1,4-7H3,(H,44,45). The molecule has 0 aromatic carbocycles. The van der Waals surface area contributed by atoms with Crippen LogP contribution < -0.4 is 0 Å². The first-order chi connectivity index (χ1) is 21.6. The van der Waals surface area contributed by atoms with E-state index in [-0.39, 0.29) is 12.2 Å². The number of carboxylic acid groups (broad SMARTS) is 1. The van der Waals surface area contributed by atoms with E-state index < -0.39 is 5.97 Å². The minimum Gasteiger partial charge on any atom is -0.481 e. The Morgan fingerprint density at radius 3 is 1.71 bits per heavy atom. The number of aromatic nitrogens is 4. The first-order valence-electron chi connectivity index (χ1n) is 15.7. The summed E-state index contributed by atoms with van der Waals surface area (Å²) in [7, 11) is 0. The summed E-state index contributed by atoms with van der Waals surface area (Å²) in [5.74, 6) is -0.604. The van der Waals surface area contributed by atoms with Crippen LogP contribution in [0.4, 0.5) is 0 Å². The molecule has 0 saturated carbocycles. The summed E-state index contributed by atoms with van der Waals surface area (Å²) in [5.41, 5.74) is 14.7. The van der Waals surface area contributed by atoms with Gasteiger partial charge in [-0.25, -0.2) is 9.97 Å². The molecular weight excluding hydrogens is 560 g/mol. The molecular formula is C38H42N4O3. The fraction of sp³-hybridized carbons (Fsp3) is 0.316. The third-order valence-corrected chi connectivity index (χ3v) is 9.09. The zero-order valence-electron chi connectivity index (χ0n) is 27.0. The van der Waals surface area contributed by atoms with E-state index in [1.165, 1.54) is 0 Å². The number of aliphatic carboxylic acids is 1. The lowest BCUT2D eigenvalue weighted by atomic mass is 9.97. The Hall–Kier alpha value is -4.78. The second-order valence-corrected chi connectivity index (χ2v) is 12.0. The van der Waals surface area contributed by atoms with E-state index in [9.17, 15) is 14.7 Å². The van der Waals surface area contributed by atoms with Crippen LogP contribution in [0.25, 0.3) is 56.5 Å². The molecule has 7 heteroatoms. The van der Waals surface area contributed by atoms with Gasteiger partial charge in [-0.15, -0.1) is 0 Å². The third-order valence-electron chi connectivity index (χ3n) is 9.09. The SMILES string of the molecule is C=Cc1c(C)c2cc3[nH]c(cc4nc(cc5nc(cc1[nH]2)C(C)=C5CCC(=O)O)C(CCC(=O)CCCC)=C4C)c(C)c3C=C. The number of carboxylic acids is 1. The number of aryl methyl sites for hydroxylation is 2. The van der Waals surface area contributed by atoms with E-state index >= 15 is 0 Å². The number of rotatable bonds is 11. The van der Waals surface area contributed by atoms with Crippen molar-refractivity contribution < 1.29 is 14.7 Å². The summed E-state index contributed by atoms with van der Waals surface area (Å²) >= 11 is 0. The van der Waals surface area contributed by atoms with Gasteiger partial charge >= 0.3 is 5.97 Å². The molecule has 0 amide bonds. The van der Waals surface area contributed by atoms with Gasteiger partial charge in [-0.2, -0.15) is 0 Å². The molecule has 0 unspecified atom stereocenters. The van der Waals surface area contributed by atoms with Gasteiger partial charge in [-0.3, -0.25) is 9.59 Å². The first-order valence-corrected chi connectivity index (χ1v) is 15.7. The molecule has 3 aromatic rings. The van der Waals surface area contributed by atoms with Crippen LogP contribution in [0.15, 0.2) is 37.4 Å². The number of hydrogen-bond acceptors (Lipinski definition) is 4. The maximum atomic E-state index is 12.7. The monoisotopic (exact) mass is 602 g/mol. The fourth-order valence-corrected chi connectivity index (χ4v) is 6.30. The van der Waals surface area contributed by atoms with Gasteiger partial charge in [-0.1, -0.05) is 38.7 Å². The van der Waals surface area contributed by atoms with Crippen molar-refractivity contribution in [2.75, 3.05) is 0 Å². The lowest BCUT2D eigenvalue weighted by Crippen LogP contribution is -1.98. The molecule has 0 saturated heterocycles. The van der Waals surface area contributed by atoms with Gasteiger partial charge in [0.2, 0.25) is 0 Å². The maximum absolute atomic E-state index is 12.7. The smallest absolute Gasteiger partial charge is 0.303 e. The number of nitrogens with zero attached hydrogens (tertiary/aromatic N) is 2. The Labute approximate surface area is 264 Å². The van der Waals surface area contributed by atoms with Crippen LogP contribution >= 0.6 is 0 Å². The minimum atomic E-state index is -0.857. The number of unbranched alkanes of at least 4 members (excludes halogenated alkanes) is 1. The van der Waals surface area contributed by atoms with E-state index in [2.05, 4.69) is 63.0 Å². The molecule has 0 fully saturated rings. The number of fused-ring (bicyclic) bond motifs is 8. The van der Waals surface area contributed by atoms with E-state index in [0.717, 1.165) is 96.5 Å². The number of H-pyrrole nitrogens is 2. The Balaban J connectivity index is 1.85. The van der Waals surface area contributed by atoms with Gasteiger partial charge in [0.25, 0.3) is 0 Å². The van der Waals surface area contributed by atoms with Crippen molar-refractivity contribution in [2.45, 2.75) is 79.6 Å². The van der Waals surface area contributed by atoms with Gasteiger partial charge in [0.15, 0.2) is 0 Å². The number of carbonyl (C=O) groups excluding carboxylic acids is 1. The zero-order chi connectivity index (χ0) is 32.4. The van der Waals surface area contributed by atoms with Crippen molar-refractivity contribution in [3.05, 3.63) is 82.5 Å². The van der Waals surface area contributed by atoms with Crippen LogP contribution in [0.1, 0.15) is 111 Å². The van der Waals surface area contributed by atoms with Gasteiger partial charge in [0, 0.05) is 52.5 Å². The van der Waals surface area contributed by atoms with Crippen molar-refractivity contribution in [3.8, 4) is 0 Å². The normalized spacial score (nSPS) is 13.0. The molecule has 3 N–H and O–H groups in total. The van der Waals surface area contributed by atoms with E-state index in [1.54, 1.807) is 0 Å². The number of aromatic amines is 2. The van der Waals surface area contributed by atoms with Crippen LogP contribution in [0, 0.1) is 13.8 Å². The molecule has 45 heavy (non-hydrogen) atoms. The fourth-order valence-electron chi connectivity index (χ4n) is 6.30. The summed E-state index contributed by atoms with van der Waals surface area (Å²) in [5, 5.41) is 9.53. The number of carbonyl (C=O) groups is 2. The highest BCUT2D eigenvalue weighted by Gasteiger charge is 2.22. The van der Waals surface area contributed by atoms with Crippen molar-refractivity contribution in [1.82, 2.24) is 19.9 Å². The van der Waals surface area contributed by atoms with Crippen molar-refractivity contribution in [1.29, 1.82) is 0 Å². The number of hydrogen-bond donors (Lipinski definition) is 3. The van der Waals surface area contributed by atoms with Crippen molar-refractivity contribution >= 4 is 68.3 Å². The predicted molar refractivity (Wildman–Crippen MR) is 186 cm³/mol. The summed E-state index contributed by atoms with van der Waals surface area (Å²) < 4.78 is 0. The average Bonchev–Trinajstić information content (AvgIpc) is 3.66. The summed E-state index contributed by atoms with van der Waals surface area (Å²) in [6.07, 6.45) is 7.56. The number of allylic oxidation sites excluding steroid dienone is 4. The van der Waals surface area contributed by atoms with Gasteiger partial charge < -0.3 is 15.1 Å². The van der Waals surface area contributed by atoms with E-state index in [1.807, 2.05) is 31.2 Å². The average molecular weight is 603 g/mol. The lowest BCUT2D eigenvalue weighted by Gasteiger charge is -2.06. The second kappa shape index (κ2) is 13.1. The highest BCUT2D eigenvalue weighted by Crippen LogP contribution is 2.38. The number of ketones is 1. The first kappa shape index (κ1) is 31.6. The molecule has 0 radical (unpaired) electrons. The molecule has 0 aliphatic carbocycles. The highest BCUT2D eigenvalue weighted by atomic mass is 16.4. The van der Waals surface area contributed by atoms with Gasteiger partial charge in [-0.05, 0) is 105 Å². The molecule has 232 valence electrons. The van der Waals surface area contributed by atoms with E-state index in [0.29, 0.717) is 31.4 Å². The molecule has 3 aromatic heterocycles. The quantitative estimate of drug-likeness (QED) is 0.202. The molecule has 8 bridgehead atoms. The summed E-state index contributed by atoms with van der Waals surface area (Å²) in [6.45, 7) is 18.5. The molecule has 7 nitrogen and oxygen atoms in total. The largest absolute Gasteiger partial charge is 0.481 e. The van der Waals surface area contributed by atoms with Crippen LogP contribution in [0.5, 0.6) is 0 Å². The van der Waals surface area contributed by atoms with Crippen molar-refractivity contribution in [3.63, 3.8) is 0 Å². The molecule has 2 aliphatic heterocycles. The lowest BCUT2D eigenvalue weighted by molar-refractivity contribution is -0.136. The Morgan fingerprint density at radius 2 is 1.20 bits per heavy atom. The van der Waals surface area contributed by atoms with Crippen LogP contribution in [-0.2, 0) is 9.59 Å². The van der Waals surface area contributed by atoms with Gasteiger partial charge in [0.05, 0.1) is 22.8 Å². The molecule has 2 aliphatic rings. The topological polar surface area (TPSA) is 112 Å².